The van der Waals surface area contributed by atoms with E-state index in [0.29, 0.717) is 22.0 Å². The van der Waals surface area contributed by atoms with Crippen molar-refractivity contribution in [3.05, 3.63) is 63.2 Å². The molecule has 1 aliphatic rings. The Morgan fingerprint density at radius 1 is 1.31 bits per heavy atom. The Labute approximate surface area is 160 Å². The lowest BCUT2D eigenvalue weighted by atomic mass is 10.1. The van der Waals surface area contributed by atoms with Gasteiger partial charge in [0.15, 0.2) is 0 Å². The number of hydrogen-bond acceptors (Lipinski definition) is 5. The summed E-state index contributed by atoms with van der Waals surface area (Å²) in [5.41, 5.74) is 0.201. The highest BCUT2D eigenvalue weighted by Crippen LogP contribution is 2.33. The smallest absolute Gasteiger partial charge is 0.270 e. The number of halogens is 1. The molecular formula is C18H18ClN3O3S. The molecule has 1 atom stereocenters. The third-order valence-electron chi connectivity index (χ3n) is 4.13. The van der Waals surface area contributed by atoms with Gasteiger partial charge in [-0.1, -0.05) is 23.4 Å². The first-order valence-electron chi connectivity index (χ1n) is 8.26. The van der Waals surface area contributed by atoms with Gasteiger partial charge in [0.2, 0.25) is 0 Å². The van der Waals surface area contributed by atoms with Gasteiger partial charge in [-0.15, -0.1) is 0 Å². The molecule has 0 radical (unpaired) electrons. The van der Waals surface area contributed by atoms with Crippen LogP contribution in [0, 0.1) is 10.1 Å². The van der Waals surface area contributed by atoms with Crippen molar-refractivity contribution >= 4 is 35.0 Å². The summed E-state index contributed by atoms with van der Waals surface area (Å²) < 4.78 is 0. The molecule has 136 valence electrons. The molecule has 0 aliphatic carbocycles. The summed E-state index contributed by atoms with van der Waals surface area (Å²) in [6.07, 6.45) is 2.11. The molecule has 1 amide bonds. The van der Waals surface area contributed by atoms with Crippen LogP contribution in [0.25, 0.3) is 0 Å². The number of benzene rings is 2. The molecule has 3 rings (SSSR count). The first-order chi connectivity index (χ1) is 12.5. The molecule has 1 heterocycles. The van der Waals surface area contributed by atoms with E-state index in [1.807, 2.05) is 12.1 Å². The number of nitro groups is 1. The minimum atomic E-state index is -0.494. The third kappa shape index (κ3) is 4.75. The standard InChI is InChI=1S/C18H18ClN3O3S/c19-12-3-6-15(7-4-12)26-17-8-5-14(22(24)25)10-16(17)18(23)21-11-13-2-1-9-20-13/h3-8,10,13,20H,1-2,9,11H2,(H,21,23). The number of hydrogen-bond donors (Lipinski definition) is 2. The van der Waals surface area contributed by atoms with E-state index in [-0.39, 0.29) is 17.6 Å². The second kappa shape index (κ2) is 8.53. The van der Waals surface area contributed by atoms with Crippen LogP contribution in [0.1, 0.15) is 23.2 Å². The summed E-state index contributed by atoms with van der Waals surface area (Å²) >= 11 is 7.27. The van der Waals surface area contributed by atoms with Crippen LogP contribution < -0.4 is 10.6 Å². The number of nitro benzene ring substituents is 1. The number of carbonyl (C=O) groups excluding carboxylic acids is 1. The molecule has 2 N–H and O–H groups in total. The number of nitrogens with one attached hydrogen (secondary N) is 2. The molecule has 0 aromatic heterocycles. The van der Waals surface area contributed by atoms with Crippen molar-refractivity contribution in [2.24, 2.45) is 0 Å². The Bertz CT molecular complexity index is 808. The van der Waals surface area contributed by atoms with Crippen LogP contribution in [0.4, 0.5) is 5.69 Å². The summed E-state index contributed by atoms with van der Waals surface area (Å²) in [6, 6.07) is 11.8. The van der Waals surface area contributed by atoms with E-state index in [9.17, 15) is 14.9 Å². The van der Waals surface area contributed by atoms with Gasteiger partial charge in [0.05, 0.1) is 10.5 Å². The summed E-state index contributed by atoms with van der Waals surface area (Å²) in [7, 11) is 0. The van der Waals surface area contributed by atoms with Gasteiger partial charge in [-0.2, -0.15) is 0 Å². The second-order valence-corrected chi connectivity index (χ2v) is 7.55. The molecule has 1 fully saturated rings. The molecule has 0 bridgehead atoms. The highest BCUT2D eigenvalue weighted by Gasteiger charge is 2.20. The molecular weight excluding hydrogens is 374 g/mol. The topological polar surface area (TPSA) is 84.3 Å². The molecule has 2 aromatic carbocycles. The summed E-state index contributed by atoms with van der Waals surface area (Å²) in [5.74, 6) is -0.307. The van der Waals surface area contributed by atoms with Gasteiger partial charge in [0.1, 0.15) is 0 Å². The van der Waals surface area contributed by atoms with Crippen LogP contribution in [0.15, 0.2) is 52.3 Å². The maximum Gasteiger partial charge on any atom is 0.270 e. The molecule has 0 spiro atoms. The van der Waals surface area contributed by atoms with E-state index >= 15 is 0 Å². The van der Waals surface area contributed by atoms with Gasteiger partial charge in [0, 0.05) is 39.5 Å². The Morgan fingerprint density at radius 2 is 2.08 bits per heavy atom. The van der Waals surface area contributed by atoms with Gasteiger partial charge < -0.3 is 10.6 Å². The Morgan fingerprint density at radius 3 is 2.73 bits per heavy atom. The molecule has 0 saturated carbocycles. The highest BCUT2D eigenvalue weighted by atomic mass is 35.5. The van der Waals surface area contributed by atoms with Crippen molar-refractivity contribution in [3.8, 4) is 0 Å². The SMILES string of the molecule is O=C(NCC1CCCN1)c1cc([N+](=O)[O-])ccc1Sc1ccc(Cl)cc1. The lowest BCUT2D eigenvalue weighted by molar-refractivity contribution is -0.384. The number of non-ortho nitro benzene ring substituents is 1. The Balaban J connectivity index is 1.81. The number of nitrogens with zero attached hydrogens (tertiary/aromatic N) is 1. The maximum absolute atomic E-state index is 12.6. The van der Waals surface area contributed by atoms with Crippen LogP contribution in [0.5, 0.6) is 0 Å². The van der Waals surface area contributed by atoms with Crippen molar-refractivity contribution in [2.75, 3.05) is 13.1 Å². The summed E-state index contributed by atoms with van der Waals surface area (Å²) in [5, 5.41) is 17.9. The van der Waals surface area contributed by atoms with Crippen molar-refractivity contribution < 1.29 is 9.72 Å². The average molecular weight is 392 g/mol. The van der Waals surface area contributed by atoms with E-state index < -0.39 is 4.92 Å². The van der Waals surface area contributed by atoms with Crippen LogP contribution in [-0.2, 0) is 0 Å². The van der Waals surface area contributed by atoms with Crippen LogP contribution in [-0.4, -0.2) is 30.0 Å². The van der Waals surface area contributed by atoms with Crippen molar-refractivity contribution in [1.29, 1.82) is 0 Å². The normalized spacial score (nSPS) is 16.4. The van der Waals surface area contributed by atoms with E-state index in [1.54, 1.807) is 18.2 Å². The molecule has 6 nitrogen and oxygen atoms in total. The predicted molar refractivity (Wildman–Crippen MR) is 102 cm³/mol. The zero-order valence-corrected chi connectivity index (χ0v) is 15.5. The Hall–Kier alpha value is -2.09. The van der Waals surface area contributed by atoms with Crippen molar-refractivity contribution in [1.82, 2.24) is 10.6 Å². The molecule has 2 aromatic rings. The number of rotatable bonds is 6. The Kier molecular flexibility index (Phi) is 6.13. The van der Waals surface area contributed by atoms with Crippen LogP contribution >= 0.6 is 23.4 Å². The number of amides is 1. The summed E-state index contributed by atoms with van der Waals surface area (Å²) in [4.78, 5) is 24.8. The minimum absolute atomic E-state index is 0.102. The van der Waals surface area contributed by atoms with E-state index in [1.165, 1.54) is 23.9 Å². The average Bonchev–Trinajstić information content (AvgIpc) is 3.15. The van der Waals surface area contributed by atoms with Gasteiger partial charge in [-0.25, -0.2) is 0 Å². The quantitative estimate of drug-likeness (QED) is 0.576. The van der Waals surface area contributed by atoms with E-state index in [2.05, 4.69) is 10.6 Å². The third-order valence-corrected chi connectivity index (χ3v) is 5.47. The van der Waals surface area contributed by atoms with Gasteiger partial charge in [-0.3, -0.25) is 14.9 Å². The second-order valence-electron chi connectivity index (χ2n) is 6.00. The maximum atomic E-state index is 12.6. The fraction of sp³-hybridized carbons (Fsp3) is 0.278. The van der Waals surface area contributed by atoms with Gasteiger partial charge >= 0.3 is 0 Å². The van der Waals surface area contributed by atoms with E-state index in [0.717, 1.165) is 24.3 Å². The molecule has 8 heteroatoms. The van der Waals surface area contributed by atoms with E-state index in [4.69, 9.17) is 11.6 Å². The first-order valence-corrected chi connectivity index (χ1v) is 9.46. The zero-order valence-electron chi connectivity index (χ0n) is 13.9. The highest BCUT2D eigenvalue weighted by molar-refractivity contribution is 7.99. The monoisotopic (exact) mass is 391 g/mol. The van der Waals surface area contributed by atoms with Crippen LogP contribution in [0.3, 0.4) is 0 Å². The van der Waals surface area contributed by atoms with Crippen molar-refractivity contribution in [2.45, 2.75) is 28.7 Å². The van der Waals surface area contributed by atoms with Gasteiger partial charge in [-0.05, 0) is 49.7 Å². The van der Waals surface area contributed by atoms with Crippen LogP contribution in [0.2, 0.25) is 5.02 Å². The predicted octanol–water partition coefficient (Wildman–Crippen LogP) is 3.88. The molecule has 26 heavy (non-hydrogen) atoms. The first kappa shape index (κ1) is 18.7. The summed E-state index contributed by atoms with van der Waals surface area (Å²) in [6.45, 7) is 1.46. The lowest BCUT2D eigenvalue weighted by Gasteiger charge is -2.13. The lowest BCUT2D eigenvalue weighted by Crippen LogP contribution is -2.37. The van der Waals surface area contributed by atoms with Crippen molar-refractivity contribution in [3.63, 3.8) is 0 Å². The fourth-order valence-corrected chi connectivity index (χ4v) is 3.82. The minimum Gasteiger partial charge on any atom is -0.350 e. The molecule has 1 aliphatic heterocycles. The molecule has 1 unspecified atom stereocenters. The number of carbonyl (C=O) groups is 1. The largest absolute Gasteiger partial charge is 0.350 e. The zero-order chi connectivity index (χ0) is 18.5. The van der Waals surface area contributed by atoms with Gasteiger partial charge in [0.25, 0.3) is 11.6 Å². The molecule has 1 saturated heterocycles. The fourth-order valence-electron chi connectivity index (χ4n) is 2.77.